The molecule has 0 aliphatic carbocycles. The number of rotatable bonds is 8. The lowest BCUT2D eigenvalue weighted by atomic mass is 9.82. The van der Waals surface area contributed by atoms with Crippen LogP contribution in [0.25, 0.3) is 6.08 Å². The Balaban J connectivity index is 1.89. The molecule has 0 bridgehead atoms. The van der Waals surface area contributed by atoms with Gasteiger partial charge in [-0.25, -0.2) is 4.98 Å². The zero-order chi connectivity index (χ0) is 24.4. The molecular weight excluding hydrogens is 435 g/mol. The highest BCUT2D eigenvalue weighted by atomic mass is 19.4. The van der Waals surface area contributed by atoms with Gasteiger partial charge >= 0.3 is 6.18 Å². The first kappa shape index (κ1) is 24.6. The fourth-order valence-corrected chi connectivity index (χ4v) is 4.13. The van der Waals surface area contributed by atoms with Gasteiger partial charge in [0, 0.05) is 18.5 Å². The van der Waals surface area contributed by atoms with Crippen LogP contribution in [0.2, 0.25) is 0 Å². The van der Waals surface area contributed by atoms with Crippen molar-refractivity contribution in [1.29, 1.82) is 0 Å². The lowest BCUT2D eigenvalue weighted by Crippen LogP contribution is -2.47. The van der Waals surface area contributed by atoms with Gasteiger partial charge in [0.2, 0.25) is 0 Å². The minimum atomic E-state index is -4.92. The summed E-state index contributed by atoms with van der Waals surface area (Å²) in [6.45, 7) is 4.11. The monoisotopic (exact) mass is 463 g/mol. The summed E-state index contributed by atoms with van der Waals surface area (Å²) in [5, 5.41) is 10.8. The van der Waals surface area contributed by atoms with Crippen LogP contribution in [0.15, 0.2) is 36.0 Å². The highest BCUT2D eigenvalue weighted by Gasteiger charge is 2.54. The Bertz CT molecular complexity index is 1070. The van der Waals surface area contributed by atoms with Gasteiger partial charge in [0.1, 0.15) is 11.4 Å². The number of halogens is 3. The van der Waals surface area contributed by atoms with Crippen LogP contribution in [-0.4, -0.2) is 34.4 Å². The second kappa shape index (κ2) is 9.43. The molecule has 1 aliphatic rings. The number of amides is 1. The maximum atomic E-state index is 14.0. The lowest BCUT2D eigenvalue weighted by molar-refractivity contribution is -0.263. The average molecular weight is 464 g/mol. The zero-order valence-electron chi connectivity index (χ0n) is 18.6. The van der Waals surface area contributed by atoms with Crippen LogP contribution in [0.3, 0.4) is 0 Å². The van der Waals surface area contributed by atoms with E-state index in [9.17, 15) is 23.1 Å². The number of hydrogen-bond donors (Lipinski definition) is 3. The third-order valence-corrected chi connectivity index (χ3v) is 5.84. The van der Waals surface area contributed by atoms with Gasteiger partial charge in [-0.1, -0.05) is 32.0 Å². The molecule has 0 saturated carbocycles. The number of benzene rings is 1. The molecule has 0 fully saturated rings. The van der Waals surface area contributed by atoms with Crippen LogP contribution in [0.5, 0.6) is 5.75 Å². The summed E-state index contributed by atoms with van der Waals surface area (Å²) < 4.78 is 47.8. The highest BCUT2D eigenvalue weighted by Crippen LogP contribution is 2.44. The molecule has 2 heterocycles. The van der Waals surface area contributed by atoms with E-state index in [1.807, 2.05) is 19.1 Å². The summed E-state index contributed by atoms with van der Waals surface area (Å²) in [5.74, 6) is -0.798. The number of fused-ring (bicyclic) bond motifs is 1. The van der Waals surface area contributed by atoms with E-state index < -0.39 is 36.4 Å². The maximum absolute atomic E-state index is 14.0. The first-order chi connectivity index (χ1) is 15.4. The summed E-state index contributed by atoms with van der Waals surface area (Å²) in [6, 6.07) is 8.22. The van der Waals surface area contributed by atoms with Gasteiger partial charge in [-0.2, -0.15) is 13.2 Å². The maximum Gasteiger partial charge on any atom is 0.417 e. The summed E-state index contributed by atoms with van der Waals surface area (Å²) in [4.78, 5) is 15.3. The third-order valence-electron chi connectivity index (χ3n) is 5.84. The molecule has 1 aromatic carbocycles. The van der Waals surface area contributed by atoms with Crippen molar-refractivity contribution in [2.45, 2.75) is 57.2 Å². The molecule has 0 saturated heterocycles. The predicted octanol–water partition coefficient (Wildman–Crippen LogP) is 3.85. The number of aliphatic hydroxyl groups is 1. The van der Waals surface area contributed by atoms with Crippen molar-refractivity contribution in [1.82, 2.24) is 4.98 Å². The van der Waals surface area contributed by atoms with Crippen LogP contribution in [-0.2, 0) is 12.8 Å². The van der Waals surface area contributed by atoms with Gasteiger partial charge in [-0.05, 0) is 53.7 Å². The normalized spacial score (nSPS) is 16.6. The van der Waals surface area contributed by atoms with Gasteiger partial charge in [-0.15, -0.1) is 0 Å². The summed E-state index contributed by atoms with van der Waals surface area (Å²) in [5.41, 5.74) is 10.6. The van der Waals surface area contributed by atoms with E-state index in [4.69, 9.17) is 16.2 Å². The predicted molar refractivity (Wildman–Crippen MR) is 119 cm³/mol. The van der Waals surface area contributed by atoms with Crippen molar-refractivity contribution in [3.63, 3.8) is 0 Å². The molecule has 2 atom stereocenters. The van der Waals surface area contributed by atoms with Crippen molar-refractivity contribution in [2.24, 2.45) is 11.5 Å². The number of nitrogens with two attached hydrogens (primary N) is 2. The van der Waals surface area contributed by atoms with Gasteiger partial charge in [-0.3, -0.25) is 4.79 Å². The number of carbonyl (C=O) groups is 1. The van der Waals surface area contributed by atoms with E-state index in [1.54, 1.807) is 6.92 Å². The van der Waals surface area contributed by atoms with E-state index in [0.717, 1.165) is 17.5 Å². The fraction of sp³-hybridized carbons (Fsp3) is 0.417. The standard InChI is InChI=1S/C24H28F3N3O3/c1-3-15-9-16-7-8-33-21(16)19(10-15)14(2)12-23(32,24(25,26)27)13-17(28)11-18-5-4-6-20(30-18)22(29)31/h4-6,9-11,14,32H,3,7-8,12-13,28H2,1-2H3,(H2,29,31)/b17-11-. The first-order valence-electron chi connectivity index (χ1n) is 10.7. The molecule has 2 unspecified atom stereocenters. The second-order valence-electron chi connectivity index (χ2n) is 8.47. The Hall–Kier alpha value is -3.07. The highest BCUT2D eigenvalue weighted by molar-refractivity contribution is 5.90. The summed E-state index contributed by atoms with van der Waals surface area (Å²) in [7, 11) is 0. The quantitative estimate of drug-likeness (QED) is 0.551. The van der Waals surface area contributed by atoms with E-state index in [2.05, 4.69) is 4.98 Å². The largest absolute Gasteiger partial charge is 0.493 e. The minimum Gasteiger partial charge on any atom is -0.493 e. The summed E-state index contributed by atoms with van der Waals surface area (Å²) >= 11 is 0. The second-order valence-corrected chi connectivity index (χ2v) is 8.47. The Morgan fingerprint density at radius 3 is 2.67 bits per heavy atom. The van der Waals surface area contributed by atoms with Gasteiger partial charge in [0.05, 0.1) is 12.3 Å². The third kappa shape index (κ3) is 5.47. The van der Waals surface area contributed by atoms with E-state index in [-0.39, 0.29) is 17.1 Å². The van der Waals surface area contributed by atoms with Gasteiger partial charge < -0.3 is 21.3 Å². The zero-order valence-corrected chi connectivity index (χ0v) is 18.6. The summed E-state index contributed by atoms with van der Waals surface area (Å²) in [6.07, 6.45) is -3.72. The van der Waals surface area contributed by atoms with Crippen LogP contribution >= 0.6 is 0 Å². The van der Waals surface area contributed by atoms with E-state index in [1.165, 1.54) is 24.3 Å². The van der Waals surface area contributed by atoms with Crippen LogP contribution in [0, 0.1) is 0 Å². The molecular formula is C24H28F3N3O3. The molecule has 0 radical (unpaired) electrons. The molecule has 1 aromatic heterocycles. The van der Waals surface area contributed by atoms with Crippen molar-refractivity contribution < 1.29 is 27.8 Å². The van der Waals surface area contributed by atoms with E-state index >= 15 is 0 Å². The van der Waals surface area contributed by atoms with Crippen LogP contribution in [0.4, 0.5) is 13.2 Å². The molecule has 0 spiro atoms. The lowest BCUT2D eigenvalue weighted by Gasteiger charge is -2.33. The minimum absolute atomic E-state index is 0.0408. The topological polar surface area (TPSA) is 111 Å². The van der Waals surface area contributed by atoms with Crippen molar-refractivity contribution in [2.75, 3.05) is 6.61 Å². The number of aromatic nitrogens is 1. The van der Waals surface area contributed by atoms with Crippen LogP contribution in [0.1, 0.15) is 65.5 Å². The molecule has 6 nitrogen and oxygen atoms in total. The van der Waals surface area contributed by atoms with E-state index in [0.29, 0.717) is 24.3 Å². The van der Waals surface area contributed by atoms with Crippen molar-refractivity contribution >= 4 is 12.0 Å². The van der Waals surface area contributed by atoms with Gasteiger partial charge in [0.25, 0.3) is 5.91 Å². The van der Waals surface area contributed by atoms with Crippen molar-refractivity contribution in [3.05, 3.63) is 64.1 Å². The molecule has 2 aromatic rings. The number of nitrogens with zero attached hydrogens (tertiary/aromatic N) is 1. The first-order valence-corrected chi connectivity index (χ1v) is 10.7. The SMILES string of the molecule is CCc1cc2c(c(C(C)CC(O)(C/C(N)=C/c3cccc(C(N)=O)n3)C(F)(F)F)c1)OCC2. The number of aryl methyl sites for hydroxylation is 1. The molecule has 1 amide bonds. The van der Waals surface area contributed by atoms with Crippen LogP contribution < -0.4 is 16.2 Å². The smallest absolute Gasteiger partial charge is 0.417 e. The van der Waals surface area contributed by atoms with Gasteiger partial charge in [0.15, 0.2) is 5.60 Å². The number of ether oxygens (including phenoxy) is 1. The number of hydrogen-bond acceptors (Lipinski definition) is 5. The molecule has 9 heteroatoms. The number of carbonyl (C=O) groups excluding carboxylic acids is 1. The number of pyridine rings is 1. The Morgan fingerprint density at radius 1 is 1.30 bits per heavy atom. The Morgan fingerprint density at radius 2 is 2.03 bits per heavy atom. The molecule has 3 rings (SSSR count). The molecule has 5 N–H and O–H groups in total. The molecule has 33 heavy (non-hydrogen) atoms. The average Bonchev–Trinajstić information content (AvgIpc) is 3.20. The Kier molecular flexibility index (Phi) is 7.02. The Labute approximate surface area is 190 Å². The number of primary amides is 1. The molecule has 1 aliphatic heterocycles. The van der Waals surface area contributed by atoms with Crippen molar-refractivity contribution in [3.8, 4) is 5.75 Å². The number of alkyl halides is 3. The fourth-order valence-electron chi connectivity index (χ4n) is 4.13. The molecule has 178 valence electrons.